The maximum Gasteiger partial charge on any atom is 0.305 e. The van der Waals surface area contributed by atoms with Crippen LogP contribution in [0, 0.1) is 0 Å². The van der Waals surface area contributed by atoms with E-state index in [4.69, 9.17) is 16.7 Å². The molecule has 1 aliphatic rings. The molecule has 1 saturated carbocycles. The SMILES string of the molecule is O=C(O)CCN(C(=O)CCSc1ccccc1Cl)C1CC1. The Bertz CT molecular complexity index is 519. The van der Waals surface area contributed by atoms with Gasteiger partial charge in [-0.15, -0.1) is 11.8 Å². The molecule has 0 radical (unpaired) electrons. The summed E-state index contributed by atoms with van der Waals surface area (Å²) in [5, 5.41) is 9.44. The van der Waals surface area contributed by atoms with Gasteiger partial charge in [0.2, 0.25) is 5.91 Å². The molecule has 0 saturated heterocycles. The summed E-state index contributed by atoms with van der Waals surface area (Å²) in [4.78, 5) is 25.5. The summed E-state index contributed by atoms with van der Waals surface area (Å²) in [5.41, 5.74) is 0. The number of nitrogens with zero attached hydrogens (tertiary/aromatic N) is 1. The van der Waals surface area contributed by atoms with Crippen molar-refractivity contribution in [2.75, 3.05) is 12.3 Å². The van der Waals surface area contributed by atoms with Crippen LogP contribution in [-0.2, 0) is 9.59 Å². The maximum atomic E-state index is 12.2. The van der Waals surface area contributed by atoms with E-state index in [0.717, 1.165) is 17.7 Å². The van der Waals surface area contributed by atoms with Crippen molar-refractivity contribution in [1.82, 2.24) is 4.90 Å². The number of hydrogen-bond acceptors (Lipinski definition) is 3. The summed E-state index contributed by atoms with van der Waals surface area (Å²) in [6.07, 6.45) is 2.40. The van der Waals surface area contributed by atoms with Crippen molar-refractivity contribution in [3.63, 3.8) is 0 Å². The topological polar surface area (TPSA) is 57.6 Å². The highest BCUT2D eigenvalue weighted by Crippen LogP contribution is 2.29. The Labute approximate surface area is 133 Å². The minimum Gasteiger partial charge on any atom is -0.481 e. The Hall–Kier alpha value is -1.20. The minimum atomic E-state index is -0.862. The molecule has 0 unspecified atom stereocenters. The van der Waals surface area contributed by atoms with Gasteiger partial charge in [0.25, 0.3) is 0 Å². The number of carbonyl (C=O) groups is 2. The molecule has 21 heavy (non-hydrogen) atoms. The van der Waals surface area contributed by atoms with Gasteiger partial charge in [0, 0.05) is 29.7 Å². The van der Waals surface area contributed by atoms with Gasteiger partial charge in [0.05, 0.1) is 11.4 Å². The molecule has 0 aliphatic heterocycles. The number of carboxylic acid groups (broad SMARTS) is 1. The average molecular weight is 328 g/mol. The van der Waals surface area contributed by atoms with Gasteiger partial charge in [0.15, 0.2) is 0 Å². The maximum absolute atomic E-state index is 12.2. The second-order valence-electron chi connectivity index (χ2n) is 4.99. The number of rotatable bonds is 8. The lowest BCUT2D eigenvalue weighted by atomic mass is 10.3. The number of amides is 1. The summed E-state index contributed by atoms with van der Waals surface area (Å²) >= 11 is 7.62. The summed E-state index contributed by atoms with van der Waals surface area (Å²) in [6.45, 7) is 0.315. The van der Waals surface area contributed by atoms with Crippen molar-refractivity contribution in [2.45, 2.75) is 36.6 Å². The van der Waals surface area contributed by atoms with Gasteiger partial charge in [-0.3, -0.25) is 9.59 Å². The molecular formula is C15H18ClNO3S. The van der Waals surface area contributed by atoms with Crippen LogP contribution in [-0.4, -0.2) is 40.2 Å². The molecule has 0 heterocycles. The van der Waals surface area contributed by atoms with E-state index < -0.39 is 5.97 Å². The van der Waals surface area contributed by atoms with Crippen LogP contribution < -0.4 is 0 Å². The van der Waals surface area contributed by atoms with Crippen molar-refractivity contribution in [2.24, 2.45) is 0 Å². The second kappa shape index (κ2) is 7.71. The average Bonchev–Trinajstić information content (AvgIpc) is 3.25. The molecule has 0 aromatic heterocycles. The molecule has 1 aromatic rings. The van der Waals surface area contributed by atoms with E-state index in [1.807, 2.05) is 24.3 Å². The fourth-order valence-corrected chi connectivity index (χ4v) is 3.24. The van der Waals surface area contributed by atoms with Gasteiger partial charge in [-0.05, 0) is 25.0 Å². The molecule has 4 nitrogen and oxygen atoms in total. The molecule has 0 spiro atoms. The quantitative estimate of drug-likeness (QED) is 0.744. The van der Waals surface area contributed by atoms with Crippen molar-refractivity contribution in [3.05, 3.63) is 29.3 Å². The summed E-state index contributed by atoms with van der Waals surface area (Å²) in [6, 6.07) is 7.80. The predicted molar refractivity (Wildman–Crippen MR) is 83.8 cm³/mol. The monoisotopic (exact) mass is 327 g/mol. The molecule has 1 aromatic carbocycles. The Morgan fingerprint density at radius 2 is 2.00 bits per heavy atom. The lowest BCUT2D eigenvalue weighted by Crippen LogP contribution is -2.35. The second-order valence-corrected chi connectivity index (χ2v) is 6.53. The minimum absolute atomic E-state index is 0.0138. The number of aliphatic carboxylic acids is 1. The third-order valence-corrected chi connectivity index (χ3v) is 4.80. The van der Waals surface area contributed by atoms with E-state index in [2.05, 4.69) is 0 Å². The molecule has 1 amide bonds. The summed E-state index contributed by atoms with van der Waals surface area (Å²) in [5.74, 6) is -0.170. The first-order valence-corrected chi connectivity index (χ1v) is 8.33. The number of thioether (sulfide) groups is 1. The summed E-state index contributed by atoms with van der Waals surface area (Å²) < 4.78 is 0. The van der Waals surface area contributed by atoms with Crippen molar-refractivity contribution < 1.29 is 14.7 Å². The van der Waals surface area contributed by atoms with Crippen LogP contribution in [0.5, 0.6) is 0 Å². The third kappa shape index (κ3) is 5.25. The normalized spacial score (nSPS) is 14.0. The lowest BCUT2D eigenvalue weighted by Gasteiger charge is -2.21. The van der Waals surface area contributed by atoms with E-state index >= 15 is 0 Å². The van der Waals surface area contributed by atoms with Crippen molar-refractivity contribution in [1.29, 1.82) is 0 Å². The molecule has 0 atom stereocenters. The molecule has 0 bridgehead atoms. The van der Waals surface area contributed by atoms with Crippen LogP contribution >= 0.6 is 23.4 Å². The Kier molecular flexibility index (Phi) is 5.94. The van der Waals surface area contributed by atoms with E-state index in [0.29, 0.717) is 23.7 Å². The van der Waals surface area contributed by atoms with Crippen LogP contribution in [0.2, 0.25) is 5.02 Å². The first kappa shape index (κ1) is 16.2. The van der Waals surface area contributed by atoms with Gasteiger partial charge in [-0.2, -0.15) is 0 Å². The zero-order valence-corrected chi connectivity index (χ0v) is 13.2. The van der Waals surface area contributed by atoms with Gasteiger partial charge < -0.3 is 10.0 Å². The smallest absolute Gasteiger partial charge is 0.305 e. The molecule has 6 heteroatoms. The Morgan fingerprint density at radius 1 is 1.29 bits per heavy atom. The zero-order valence-electron chi connectivity index (χ0n) is 11.6. The van der Waals surface area contributed by atoms with Gasteiger partial charge in [0.1, 0.15) is 0 Å². The van der Waals surface area contributed by atoms with Crippen LogP contribution in [0.3, 0.4) is 0 Å². The fraction of sp³-hybridized carbons (Fsp3) is 0.467. The Balaban J connectivity index is 1.79. The van der Waals surface area contributed by atoms with E-state index in [-0.39, 0.29) is 18.4 Å². The number of halogens is 1. The molecule has 1 aliphatic carbocycles. The molecule has 1 N–H and O–H groups in total. The van der Waals surface area contributed by atoms with Crippen molar-refractivity contribution >= 4 is 35.2 Å². The number of benzene rings is 1. The summed E-state index contributed by atoms with van der Waals surface area (Å²) in [7, 11) is 0. The van der Waals surface area contributed by atoms with Gasteiger partial charge >= 0.3 is 5.97 Å². The molecule has 114 valence electrons. The standard InChI is InChI=1S/C15H18ClNO3S/c16-12-3-1-2-4-13(12)21-10-8-14(18)17(11-5-6-11)9-7-15(19)20/h1-4,11H,5-10H2,(H,19,20). The first-order chi connectivity index (χ1) is 10.1. The van der Waals surface area contributed by atoms with Crippen LogP contribution in [0.15, 0.2) is 29.2 Å². The van der Waals surface area contributed by atoms with E-state index in [1.165, 1.54) is 0 Å². The highest BCUT2D eigenvalue weighted by Gasteiger charge is 2.32. The van der Waals surface area contributed by atoms with Crippen LogP contribution in [0.1, 0.15) is 25.7 Å². The first-order valence-electron chi connectivity index (χ1n) is 6.96. The highest BCUT2D eigenvalue weighted by atomic mass is 35.5. The fourth-order valence-electron chi connectivity index (χ4n) is 2.07. The zero-order chi connectivity index (χ0) is 15.2. The number of carbonyl (C=O) groups excluding carboxylic acids is 1. The van der Waals surface area contributed by atoms with Crippen LogP contribution in [0.25, 0.3) is 0 Å². The predicted octanol–water partition coefficient (Wildman–Crippen LogP) is 3.29. The number of hydrogen-bond donors (Lipinski definition) is 1. The van der Waals surface area contributed by atoms with E-state index in [1.54, 1.807) is 16.7 Å². The highest BCUT2D eigenvalue weighted by molar-refractivity contribution is 7.99. The molecular weight excluding hydrogens is 310 g/mol. The molecule has 1 fully saturated rings. The molecule has 2 rings (SSSR count). The largest absolute Gasteiger partial charge is 0.481 e. The van der Waals surface area contributed by atoms with E-state index in [9.17, 15) is 9.59 Å². The van der Waals surface area contributed by atoms with Crippen LogP contribution in [0.4, 0.5) is 0 Å². The van der Waals surface area contributed by atoms with Gasteiger partial charge in [-0.1, -0.05) is 23.7 Å². The Morgan fingerprint density at radius 3 is 2.62 bits per heavy atom. The van der Waals surface area contributed by atoms with Gasteiger partial charge in [-0.25, -0.2) is 0 Å². The third-order valence-electron chi connectivity index (χ3n) is 3.28. The van der Waals surface area contributed by atoms with Crippen molar-refractivity contribution in [3.8, 4) is 0 Å². The number of carboxylic acids is 1. The lowest BCUT2D eigenvalue weighted by molar-refractivity contribution is -0.138.